The molecule has 2 aromatic heterocycles. The monoisotopic (exact) mass is 325 g/mol. The summed E-state index contributed by atoms with van der Waals surface area (Å²) in [6.45, 7) is 4.11. The van der Waals surface area contributed by atoms with E-state index >= 15 is 0 Å². The average molecular weight is 325 g/mol. The van der Waals surface area contributed by atoms with Crippen molar-refractivity contribution in [2.24, 2.45) is 0 Å². The average Bonchev–Trinajstić information content (AvgIpc) is 3.00. The molecule has 0 radical (unpaired) electrons. The smallest absolute Gasteiger partial charge is 0.291 e. The van der Waals surface area contributed by atoms with E-state index in [9.17, 15) is 4.79 Å². The highest BCUT2D eigenvalue weighted by Crippen LogP contribution is 2.15. The summed E-state index contributed by atoms with van der Waals surface area (Å²) in [6.07, 6.45) is -0.228. The van der Waals surface area contributed by atoms with Crippen molar-refractivity contribution in [3.63, 3.8) is 0 Å². The molecular weight excluding hydrogens is 306 g/mol. The molecule has 0 aliphatic carbocycles. The number of rotatable bonds is 5. The molecule has 1 aromatic carbocycles. The van der Waals surface area contributed by atoms with Crippen LogP contribution in [0.4, 0.5) is 0 Å². The minimum Gasteiger partial charge on any atom is -0.375 e. The number of nitrogens with one attached hydrogen (secondary N) is 1. The maximum Gasteiger partial charge on any atom is 0.291 e. The molecule has 24 heavy (non-hydrogen) atoms. The predicted octanol–water partition coefficient (Wildman–Crippen LogP) is 1.86. The summed E-state index contributed by atoms with van der Waals surface area (Å²) in [6, 6.07) is 11.6. The van der Waals surface area contributed by atoms with Gasteiger partial charge in [0, 0.05) is 25.0 Å². The van der Waals surface area contributed by atoms with E-state index in [0.29, 0.717) is 12.3 Å². The van der Waals surface area contributed by atoms with E-state index in [4.69, 9.17) is 4.74 Å². The number of hydrogen-bond donors (Lipinski definition) is 1. The Bertz CT molecular complexity index is 860. The summed E-state index contributed by atoms with van der Waals surface area (Å²) >= 11 is 0. The van der Waals surface area contributed by atoms with Crippen LogP contribution < -0.4 is 5.32 Å². The minimum absolute atomic E-state index is 0.0964. The summed E-state index contributed by atoms with van der Waals surface area (Å²) < 4.78 is 7.01. The molecule has 7 heteroatoms. The highest BCUT2D eigenvalue weighted by Gasteiger charge is 2.17. The van der Waals surface area contributed by atoms with E-state index in [1.54, 1.807) is 11.6 Å². The molecule has 1 amide bonds. The van der Waals surface area contributed by atoms with Crippen LogP contribution in [-0.2, 0) is 4.74 Å². The highest BCUT2D eigenvalue weighted by atomic mass is 16.5. The fourth-order valence-corrected chi connectivity index (χ4v) is 2.53. The lowest BCUT2D eigenvalue weighted by atomic mass is 10.1. The van der Waals surface area contributed by atoms with E-state index in [-0.39, 0.29) is 17.8 Å². The van der Waals surface area contributed by atoms with Gasteiger partial charge in [-0.1, -0.05) is 30.3 Å². The van der Waals surface area contributed by atoms with Gasteiger partial charge in [0.1, 0.15) is 0 Å². The first kappa shape index (κ1) is 16.1. The number of fused-ring (bicyclic) bond motifs is 1. The Labute approximate surface area is 139 Å². The molecule has 1 N–H and O–H groups in total. The second kappa shape index (κ2) is 6.76. The van der Waals surface area contributed by atoms with Crippen molar-refractivity contribution < 1.29 is 9.53 Å². The van der Waals surface area contributed by atoms with Gasteiger partial charge in [-0.3, -0.25) is 4.79 Å². The molecule has 7 nitrogen and oxygen atoms in total. The number of benzene rings is 1. The van der Waals surface area contributed by atoms with Crippen LogP contribution in [0.5, 0.6) is 0 Å². The molecule has 0 fully saturated rings. The zero-order valence-corrected chi connectivity index (χ0v) is 13.9. The summed E-state index contributed by atoms with van der Waals surface area (Å²) in [5.74, 6) is 0.165. The number of aromatic nitrogens is 4. The van der Waals surface area contributed by atoms with Crippen LogP contribution in [0.1, 0.15) is 33.7 Å². The van der Waals surface area contributed by atoms with Crippen molar-refractivity contribution in [3.8, 4) is 0 Å². The van der Waals surface area contributed by atoms with Crippen molar-refractivity contribution in [3.05, 3.63) is 59.2 Å². The summed E-state index contributed by atoms with van der Waals surface area (Å²) in [7, 11) is 1.61. The van der Waals surface area contributed by atoms with E-state index in [1.165, 1.54) is 0 Å². The van der Waals surface area contributed by atoms with E-state index in [1.807, 2.05) is 50.2 Å². The number of nitrogens with zero attached hydrogens (tertiary/aromatic N) is 4. The van der Waals surface area contributed by atoms with Crippen LogP contribution >= 0.6 is 0 Å². The van der Waals surface area contributed by atoms with E-state index < -0.39 is 0 Å². The van der Waals surface area contributed by atoms with Gasteiger partial charge in [-0.25, -0.2) is 9.50 Å². The molecule has 0 spiro atoms. The number of aryl methyl sites for hydroxylation is 2. The molecule has 0 aliphatic heterocycles. The molecule has 0 unspecified atom stereocenters. The lowest BCUT2D eigenvalue weighted by molar-refractivity contribution is 0.0820. The molecule has 124 valence electrons. The molecular formula is C17H19N5O2. The summed E-state index contributed by atoms with van der Waals surface area (Å²) in [5.41, 5.74) is 2.71. The maximum absolute atomic E-state index is 12.3. The number of ether oxygens (including phenoxy) is 1. The van der Waals surface area contributed by atoms with Gasteiger partial charge in [-0.05, 0) is 25.5 Å². The molecule has 0 saturated carbocycles. The van der Waals surface area contributed by atoms with Crippen LogP contribution in [-0.4, -0.2) is 39.1 Å². The number of amides is 1. The van der Waals surface area contributed by atoms with Gasteiger partial charge in [-0.2, -0.15) is 4.98 Å². The standard InChI is InChI=1S/C17H19N5O2/c1-11-9-12(2)22-17(19-11)20-15(21-22)16(23)18-10-14(24-3)13-7-5-4-6-8-13/h4-9,14H,10H2,1-3H3,(H,18,23)/t14-/m0/s1. The van der Waals surface area contributed by atoms with Crippen molar-refractivity contribution in [2.45, 2.75) is 20.0 Å². The number of methoxy groups -OCH3 is 1. The van der Waals surface area contributed by atoms with Crippen molar-refractivity contribution in [2.75, 3.05) is 13.7 Å². The molecule has 2 heterocycles. The first-order valence-electron chi connectivity index (χ1n) is 7.65. The largest absolute Gasteiger partial charge is 0.375 e. The molecule has 0 bridgehead atoms. The number of carbonyl (C=O) groups excluding carboxylic acids is 1. The third-order valence-corrected chi connectivity index (χ3v) is 3.73. The SMILES string of the molecule is CO[C@@H](CNC(=O)c1nc2nc(C)cc(C)n2n1)c1ccccc1. The predicted molar refractivity (Wildman–Crippen MR) is 88.8 cm³/mol. The lowest BCUT2D eigenvalue weighted by Crippen LogP contribution is -2.30. The van der Waals surface area contributed by atoms with Gasteiger partial charge in [0.2, 0.25) is 5.82 Å². The first-order valence-corrected chi connectivity index (χ1v) is 7.65. The molecule has 0 aliphatic rings. The summed E-state index contributed by atoms with van der Waals surface area (Å²) in [4.78, 5) is 20.8. The Balaban J connectivity index is 1.74. The van der Waals surface area contributed by atoms with Gasteiger partial charge in [-0.15, -0.1) is 5.10 Å². The highest BCUT2D eigenvalue weighted by molar-refractivity contribution is 5.90. The van der Waals surface area contributed by atoms with Crippen molar-refractivity contribution in [1.82, 2.24) is 24.9 Å². The zero-order valence-electron chi connectivity index (χ0n) is 13.9. The second-order valence-corrected chi connectivity index (χ2v) is 5.53. The van der Waals surface area contributed by atoms with Crippen LogP contribution in [0, 0.1) is 13.8 Å². The van der Waals surface area contributed by atoms with Crippen LogP contribution in [0.25, 0.3) is 5.78 Å². The Hall–Kier alpha value is -2.80. The second-order valence-electron chi connectivity index (χ2n) is 5.53. The Morgan fingerprint density at radius 1 is 1.25 bits per heavy atom. The van der Waals surface area contributed by atoms with E-state index in [2.05, 4.69) is 20.4 Å². The van der Waals surface area contributed by atoms with Crippen molar-refractivity contribution in [1.29, 1.82) is 0 Å². The van der Waals surface area contributed by atoms with Crippen molar-refractivity contribution >= 4 is 11.7 Å². The first-order chi connectivity index (χ1) is 11.6. The molecule has 0 saturated heterocycles. The lowest BCUT2D eigenvalue weighted by Gasteiger charge is -2.15. The fraction of sp³-hybridized carbons (Fsp3) is 0.294. The van der Waals surface area contributed by atoms with Gasteiger partial charge in [0.25, 0.3) is 11.7 Å². The third-order valence-electron chi connectivity index (χ3n) is 3.73. The Morgan fingerprint density at radius 2 is 2.00 bits per heavy atom. The van der Waals surface area contributed by atoms with Gasteiger partial charge in [0.05, 0.1) is 6.10 Å². The quantitative estimate of drug-likeness (QED) is 0.774. The number of hydrogen-bond acceptors (Lipinski definition) is 5. The van der Waals surface area contributed by atoms with Crippen LogP contribution in [0.15, 0.2) is 36.4 Å². The van der Waals surface area contributed by atoms with Gasteiger partial charge < -0.3 is 10.1 Å². The summed E-state index contributed by atoms with van der Waals surface area (Å²) in [5, 5.41) is 7.03. The van der Waals surface area contributed by atoms with Gasteiger partial charge >= 0.3 is 0 Å². The van der Waals surface area contributed by atoms with E-state index in [0.717, 1.165) is 17.0 Å². The Kier molecular flexibility index (Phi) is 4.52. The third kappa shape index (κ3) is 3.26. The molecule has 3 aromatic rings. The maximum atomic E-state index is 12.3. The topological polar surface area (TPSA) is 81.4 Å². The number of carbonyl (C=O) groups is 1. The minimum atomic E-state index is -0.351. The Morgan fingerprint density at radius 3 is 2.71 bits per heavy atom. The van der Waals surface area contributed by atoms with Gasteiger partial charge in [0.15, 0.2) is 0 Å². The normalized spacial score (nSPS) is 12.3. The van der Waals surface area contributed by atoms with Crippen LogP contribution in [0.3, 0.4) is 0 Å². The van der Waals surface area contributed by atoms with Crippen LogP contribution in [0.2, 0.25) is 0 Å². The molecule has 1 atom stereocenters. The zero-order chi connectivity index (χ0) is 17.1. The molecule has 3 rings (SSSR count). The fourth-order valence-electron chi connectivity index (χ4n) is 2.53.